The molecule has 5 heterocycles. The maximum absolute atomic E-state index is 16.4. The number of nitrogens with one attached hydrogen (secondary N) is 2. The SMILES string of the molecule is Fc1c(F)c(F)c(C2=Cc3cc4ccc(cc5nc(cc6[nH]c(c(-c7c(F)c(F)c(F)c(F)c7F)c2n3)c(-c2c(F)c(F)c(F)c(F)c2F)c6-c2c(F)c(F)c(F)c(F)c2F)C=C5)[nH]4)c(F)c1F.[Pd]. The number of H-pyrrole nitrogens is 2. The van der Waals surface area contributed by atoms with Crippen LogP contribution in [0.4, 0.5) is 87.8 Å². The molecular formula is C44H10F20N4Pd. The van der Waals surface area contributed by atoms with Crippen molar-refractivity contribution in [2.45, 2.75) is 0 Å². The predicted octanol–water partition coefficient (Wildman–Crippen LogP) is 13.9. The molecule has 69 heavy (non-hydrogen) atoms. The number of benzene rings is 4. The van der Waals surface area contributed by atoms with Crippen LogP contribution >= 0.6 is 0 Å². The number of hydrogen-bond acceptors (Lipinski definition) is 2. The van der Waals surface area contributed by atoms with Crippen LogP contribution in [0, 0.1) is 116 Å². The Bertz CT molecular complexity index is 3590. The summed E-state index contributed by atoms with van der Waals surface area (Å²) in [4.78, 5) is 12.7. The van der Waals surface area contributed by atoms with Gasteiger partial charge in [-0.05, 0) is 48.6 Å². The quantitative estimate of drug-likeness (QED) is 0.0799. The van der Waals surface area contributed by atoms with E-state index in [1.807, 2.05) is 4.98 Å². The smallest absolute Gasteiger partial charge is 0.200 e. The van der Waals surface area contributed by atoms with Gasteiger partial charge in [0.15, 0.2) is 93.1 Å². The summed E-state index contributed by atoms with van der Waals surface area (Å²) in [5.41, 5.74) is -24.0. The average Bonchev–Trinajstić information content (AvgIpc) is 4.13. The first-order valence-electron chi connectivity index (χ1n) is 18.3. The number of fused-ring (bicyclic) bond motifs is 8. The van der Waals surface area contributed by atoms with E-state index in [0.29, 0.717) is 12.1 Å². The summed E-state index contributed by atoms with van der Waals surface area (Å²) in [6.45, 7) is 0. The first kappa shape index (κ1) is 48.2. The van der Waals surface area contributed by atoms with Gasteiger partial charge in [0, 0.05) is 59.2 Å². The molecule has 3 aromatic heterocycles. The van der Waals surface area contributed by atoms with Crippen molar-refractivity contribution in [3.63, 3.8) is 0 Å². The second-order valence-corrected chi connectivity index (χ2v) is 14.4. The maximum atomic E-state index is 16.4. The molecule has 0 radical (unpaired) electrons. The van der Waals surface area contributed by atoms with Gasteiger partial charge in [-0.1, -0.05) is 0 Å². The summed E-state index contributed by atoms with van der Waals surface area (Å²) in [5.74, 6) is -58.8. The molecule has 0 aliphatic carbocycles. The molecule has 2 aliphatic rings. The van der Waals surface area contributed by atoms with Gasteiger partial charge in [-0.3, -0.25) is 0 Å². The third-order valence-electron chi connectivity index (χ3n) is 10.5. The molecule has 356 valence electrons. The largest absolute Gasteiger partial charge is 0.355 e. The number of rotatable bonds is 4. The minimum atomic E-state index is -3.05. The van der Waals surface area contributed by atoms with Crippen LogP contribution in [0.25, 0.3) is 79.2 Å². The Kier molecular flexibility index (Phi) is 11.9. The fourth-order valence-corrected chi connectivity index (χ4v) is 7.51. The van der Waals surface area contributed by atoms with E-state index in [1.165, 1.54) is 24.3 Å². The monoisotopic (exact) mass is 1080 g/mol. The molecular weight excluding hydrogens is 1070 g/mol. The van der Waals surface area contributed by atoms with Crippen molar-refractivity contribution in [3.8, 4) is 33.4 Å². The Labute approximate surface area is 381 Å². The van der Waals surface area contributed by atoms with Gasteiger partial charge in [0.25, 0.3) is 0 Å². The molecule has 25 heteroatoms. The Morgan fingerprint density at radius 2 is 0.638 bits per heavy atom. The van der Waals surface area contributed by atoms with Crippen LogP contribution in [0.3, 0.4) is 0 Å². The Morgan fingerprint density at radius 3 is 1.06 bits per heavy atom. The Balaban J connectivity index is 0.00000642. The average molecular weight is 1080 g/mol. The zero-order valence-corrected chi connectivity index (χ0v) is 33.9. The van der Waals surface area contributed by atoms with Gasteiger partial charge >= 0.3 is 0 Å². The van der Waals surface area contributed by atoms with Gasteiger partial charge < -0.3 is 9.97 Å². The van der Waals surface area contributed by atoms with E-state index in [0.717, 1.165) is 12.1 Å². The maximum Gasteiger partial charge on any atom is 0.200 e. The van der Waals surface area contributed by atoms with Crippen molar-refractivity contribution in [3.05, 3.63) is 175 Å². The summed E-state index contributed by atoms with van der Waals surface area (Å²) in [7, 11) is 0. The molecule has 8 bridgehead atoms. The van der Waals surface area contributed by atoms with Crippen LogP contribution in [0.1, 0.15) is 28.3 Å². The van der Waals surface area contributed by atoms with E-state index in [4.69, 9.17) is 0 Å². The molecule has 4 nitrogen and oxygen atoms in total. The van der Waals surface area contributed by atoms with Gasteiger partial charge in [-0.2, -0.15) is 0 Å². The molecule has 9 rings (SSSR count). The van der Waals surface area contributed by atoms with Crippen LogP contribution in [0.2, 0.25) is 0 Å². The second kappa shape index (κ2) is 17.1. The van der Waals surface area contributed by atoms with Crippen molar-refractivity contribution in [1.82, 2.24) is 19.9 Å². The molecule has 0 unspecified atom stereocenters. The van der Waals surface area contributed by atoms with Crippen molar-refractivity contribution in [2.24, 2.45) is 0 Å². The number of aromatic nitrogens is 4. The van der Waals surface area contributed by atoms with E-state index < -0.39 is 189 Å². The summed E-state index contributed by atoms with van der Waals surface area (Å²) >= 11 is 0. The summed E-state index contributed by atoms with van der Waals surface area (Å²) in [6, 6.07) is 5.11. The fourth-order valence-electron chi connectivity index (χ4n) is 7.51. The van der Waals surface area contributed by atoms with Gasteiger partial charge in [0.05, 0.1) is 50.5 Å². The van der Waals surface area contributed by atoms with Crippen molar-refractivity contribution in [1.29, 1.82) is 0 Å². The summed E-state index contributed by atoms with van der Waals surface area (Å²) < 4.78 is 310. The number of hydrogen-bond donors (Lipinski definition) is 2. The molecule has 0 saturated heterocycles. The number of halogens is 20. The third-order valence-corrected chi connectivity index (χ3v) is 10.5. The van der Waals surface area contributed by atoms with Crippen LogP contribution in [-0.2, 0) is 20.4 Å². The molecule has 7 aromatic rings. The van der Waals surface area contributed by atoms with Gasteiger partial charge in [0.2, 0.25) is 23.3 Å². The molecule has 0 spiro atoms. The van der Waals surface area contributed by atoms with Gasteiger partial charge in [0.1, 0.15) is 0 Å². The number of nitrogens with zero attached hydrogens (tertiary/aromatic N) is 2. The molecule has 2 N–H and O–H groups in total. The van der Waals surface area contributed by atoms with Crippen LogP contribution in [0.15, 0.2) is 30.3 Å². The van der Waals surface area contributed by atoms with Crippen molar-refractivity contribution in [2.75, 3.05) is 0 Å². The van der Waals surface area contributed by atoms with Crippen LogP contribution in [0.5, 0.6) is 0 Å². The summed E-state index contributed by atoms with van der Waals surface area (Å²) in [6.07, 6.45) is 2.52. The first-order chi connectivity index (χ1) is 32.0. The molecule has 4 aromatic carbocycles. The molecule has 0 saturated carbocycles. The number of aromatic amines is 2. The minimum absolute atomic E-state index is 0. The molecule has 2 aliphatic heterocycles. The topological polar surface area (TPSA) is 57.4 Å². The van der Waals surface area contributed by atoms with E-state index in [-0.39, 0.29) is 37.2 Å². The Morgan fingerprint density at radius 1 is 0.304 bits per heavy atom. The second-order valence-electron chi connectivity index (χ2n) is 14.4. The predicted molar refractivity (Wildman–Crippen MR) is 199 cm³/mol. The molecule has 0 atom stereocenters. The summed E-state index contributed by atoms with van der Waals surface area (Å²) in [5, 5.41) is 0. The third kappa shape index (κ3) is 7.19. The van der Waals surface area contributed by atoms with Crippen molar-refractivity contribution < 1.29 is 108 Å². The van der Waals surface area contributed by atoms with Gasteiger partial charge in [-0.15, -0.1) is 0 Å². The van der Waals surface area contributed by atoms with Gasteiger partial charge in [-0.25, -0.2) is 97.8 Å². The standard InChI is InChI=1S/C44H10F20N4.Pd/c45-23-16(24(46)32(54)39(61)31(23)53)14-7-13-6-11-2-1-9(65-11)5-10-3-4-12(66-10)8-15-17(19-25(47)33(55)40(62)34(56)26(19)48)18(20-27(49)35(57)41(63)36(58)28(20)50)44(68-15)22(43(14)67-13)21-29(51)37(59)42(64)38(60)30(21)52;/h1-8,65,68H;. The molecule has 0 fully saturated rings. The van der Waals surface area contributed by atoms with Crippen LogP contribution < -0.4 is 0 Å². The Hall–Kier alpha value is -7.26. The van der Waals surface area contributed by atoms with E-state index in [2.05, 4.69) is 15.0 Å². The van der Waals surface area contributed by atoms with E-state index in [1.54, 1.807) is 0 Å². The zero-order valence-electron chi connectivity index (χ0n) is 32.4. The molecule has 0 amide bonds. The fraction of sp³-hybridized carbons (Fsp3) is 0. The van der Waals surface area contributed by atoms with E-state index >= 15 is 61.5 Å². The normalized spacial score (nSPS) is 12.3. The van der Waals surface area contributed by atoms with E-state index in [9.17, 15) is 26.3 Å². The first-order valence-corrected chi connectivity index (χ1v) is 18.3. The minimum Gasteiger partial charge on any atom is -0.355 e. The zero-order chi connectivity index (χ0) is 49.3. The van der Waals surface area contributed by atoms with Crippen molar-refractivity contribution >= 4 is 45.9 Å². The van der Waals surface area contributed by atoms with Crippen LogP contribution in [-0.4, -0.2) is 19.9 Å².